The van der Waals surface area contributed by atoms with Crippen molar-refractivity contribution in [3.63, 3.8) is 0 Å². The molecule has 0 radical (unpaired) electrons. The number of likely N-dealkylation sites (tertiary alicyclic amines) is 1. The van der Waals surface area contributed by atoms with Crippen molar-refractivity contribution in [3.05, 3.63) is 0 Å². The first kappa shape index (κ1) is 13.9. The molecule has 1 fully saturated rings. The molecule has 0 aromatic rings. The second-order valence-electron chi connectivity index (χ2n) is 5.73. The number of nitrogens with zero attached hydrogens (tertiary/aromatic N) is 1. The molecule has 0 spiro atoms. The molecule has 16 heavy (non-hydrogen) atoms. The Balaban J connectivity index is 2.19. The predicted octanol–water partition coefficient (Wildman–Crippen LogP) is 1.47. The third kappa shape index (κ3) is 4.04. The van der Waals surface area contributed by atoms with E-state index in [1.165, 1.54) is 25.9 Å². The maximum atomic E-state index is 10.1. The maximum absolute atomic E-state index is 10.1. The first-order valence-corrected chi connectivity index (χ1v) is 6.60. The zero-order valence-corrected chi connectivity index (χ0v) is 11.3. The van der Waals surface area contributed by atoms with Gasteiger partial charge in [0.1, 0.15) is 0 Å². The van der Waals surface area contributed by atoms with Gasteiger partial charge < -0.3 is 10.4 Å². The Labute approximate surface area is 100 Å². The van der Waals surface area contributed by atoms with Crippen molar-refractivity contribution in [2.24, 2.45) is 5.92 Å². The van der Waals surface area contributed by atoms with Crippen LogP contribution in [0.25, 0.3) is 0 Å². The van der Waals surface area contributed by atoms with Gasteiger partial charge in [0.25, 0.3) is 0 Å². The number of hydrogen-bond acceptors (Lipinski definition) is 3. The Morgan fingerprint density at radius 3 is 2.31 bits per heavy atom. The second kappa shape index (κ2) is 5.99. The fourth-order valence-corrected chi connectivity index (χ4v) is 2.05. The highest BCUT2D eigenvalue weighted by atomic mass is 16.3. The highest BCUT2D eigenvalue weighted by Crippen LogP contribution is 2.15. The molecule has 0 bridgehead atoms. The molecule has 2 unspecified atom stereocenters. The van der Waals surface area contributed by atoms with E-state index in [1.54, 1.807) is 0 Å². The van der Waals surface area contributed by atoms with Gasteiger partial charge in [0, 0.05) is 19.1 Å². The summed E-state index contributed by atoms with van der Waals surface area (Å²) in [5.41, 5.74) is -0.593. The fourth-order valence-electron chi connectivity index (χ4n) is 2.05. The van der Waals surface area contributed by atoms with Crippen molar-refractivity contribution in [3.8, 4) is 0 Å². The summed E-state index contributed by atoms with van der Waals surface area (Å²) in [6.45, 7) is 12.4. The quantitative estimate of drug-likeness (QED) is 0.722. The standard InChI is InChI=1S/C13H28N2O/c1-11(2)13(4,16)10-14-9-12(3)15-7-5-6-8-15/h11-12,14,16H,5-10H2,1-4H3. The molecule has 2 atom stereocenters. The van der Waals surface area contributed by atoms with Crippen LogP contribution in [0.1, 0.15) is 40.5 Å². The van der Waals surface area contributed by atoms with Gasteiger partial charge in [-0.3, -0.25) is 4.90 Å². The Morgan fingerprint density at radius 2 is 1.81 bits per heavy atom. The lowest BCUT2D eigenvalue weighted by molar-refractivity contribution is 0.0131. The van der Waals surface area contributed by atoms with E-state index in [1.807, 2.05) is 6.92 Å². The molecule has 0 aromatic carbocycles. The zero-order chi connectivity index (χ0) is 12.2. The monoisotopic (exact) mass is 228 g/mol. The van der Waals surface area contributed by atoms with E-state index < -0.39 is 5.60 Å². The molecule has 0 amide bonds. The summed E-state index contributed by atoms with van der Waals surface area (Å²) in [5, 5.41) is 13.5. The lowest BCUT2D eigenvalue weighted by Gasteiger charge is -2.30. The van der Waals surface area contributed by atoms with E-state index in [4.69, 9.17) is 0 Å². The zero-order valence-electron chi connectivity index (χ0n) is 11.3. The summed E-state index contributed by atoms with van der Waals surface area (Å²) in [4.78, 5) is 2.52. The first-order chi connectivity index (χ1) is 7.43. The SMILES string of the molecule is CC(CNCC(C)(O)C(C)C)N1CCCC1. The van der Waals surface area contributed by atoms with Crippen molar-refractivity contribution in [2.75, 3.05) is 26.2 Å². The molecule has 1 rings (SSSR count). The largest absolute Gasteiger partial charge is 0.389 e. The van der Waals surface area contributed by atoms with Crippen LogP contribution in [-0.4, -0.2) is 47.8 Å². The Bertz CT molecular complexity index is 198. The average molecular weight is 228 g/mol. The lowest BCUT2D eigenvalue weighted by atomic mass is 9.92. The molecule has 96 valence electrons. The second-order valence-corrected chi connectivity index (χ2v) is 5.73. The Kier molecular flexibility index (Phi) is 5.22. The van der Waals surface area contributed by atoms with E-state index in [0.717, 1.165) is 6.54 Å². The maximum Gasteiger partial charge on any atom is 0.0766 e. The van der Waals surface area contributed by atoms with E-state index in [9.17, 15) is 5.11 Å². The minimum Gasteiger partial charge on any atom is -0.389 e. The summed E-state index contributed by atoms with van der Waals surface area (Å²) < 4.78 is 0. The number of rotatable bonds is 6. The van der Waals surface area contributed by atoms with Crippen molar-refractivity contribution in [2.45, 2.75) is 52.2 Å². The van der Waals surface area contributed by atoms with Crippen LogP contribution in [0, 0.1) is 5.92 Å². The molecule has 0 aromatic heterocycles. The highest BCUT2D eigenvalue weighted by molar-refractivity contribution is 4.81. The van der Waals surface area contributed by atoms with Gasteiger partial charge in [-0.05, 0) is 45.7 Å². The predicted molar refractivity (Wildman–Crippen MR) is 68.6 cm³/mol. The van der Waals surface area contributed by atoms with Gasteiger partial charge >= 0.3 is 0 Å². The molecule has 1 aliphatic heterocycles. The third-order valence-corrected chi connectivity index (χ3v) is 3.93. The van der Waals surface area contributed by atoms with E-state index in [2.05, 4.69) is 31.0 Å². The van der Waals surface area contributed by atoms with Crippen LogP contribution in [0.3, 0.4) is 0 Å². The molecular weight excluding hydrogens is 200 g/mol. The van der Waals surface area contributed by atoms with Crippen LogP contribution in [-0.2, 0) is 0 Å². The minimum atomic E-state index is -0.593. The fraction of sp³-hybridized carbons (Fsp3) is 1.00. The molecule has 1 aliphatic rings. The molecule has 3 nitrogen and oxygen atoms in total. The van der Waals surface area contributed by atoms with Crippen LogP contribution in [0.2, 0.25) is 0 Å². The number of hydrogen-bond donors (Lipinski definition) is 2. The molecule has 1 heterocycles. The Hall–Kier alpha value is -0.120. The normalized spacial score (nSPS) is 23.6. The van der Waals surface area contributed by atoms with Crippen molar-refractivity contribution in [1.29, 1.82) is 0 Å². The van der Waals surface area contributed by atoms with Gasteiger partial charge in [-0.2, -0.15) is 0 Å². The van der Waals surface area contributed by atoms with Gasteiger partial charge in [0.05, 0.1) is 5.60 Å². The highest BCUT2D eigenvalue weighted by Gasteiger charge is 2.25. The summed E-state index contributed by atoms with van der Waals surface area (Å²) in [5.74, 6) is 0.294. The number of aliphatic hydroxyl groups is 1. The average Bonchev–Trinajstić information content (AvgIpc) is 2.69. The Morgan fingerprint density at radius 1 is 1.25 bits per heavy atom. The molecule has 2 N–H and O–H groups in total. The van der Waals surface area contributed by atoms with Crippen LogP contribution in [0.4, 0.5) is 0 Å². The van der Waals surface area contributed by atoms with Crippen LogP contribution in [0.5, 0.6) is 0 Å². The summed E-state index contributed by atoms with van der Waals surface area (Å²) in [6.07, 6.45) is 2.68. The summed E-state index contributed by atoms with van der Waals surface area (Å²) >= 11 is 0. The topological polar surface area (TPSA) is 35.5 Å². The van der Waals surface area contributed by atoms with Gasteiger partial charge in [-0.1, -0.05) is 13.8 Å². The van der Waals surface area contributed by atoms with Gasteiger partial charge in [-0.25, -0.2) is 0 Å². The molecule has 1 saturated heterocycles. The van der Waals surface area contributed by atoms with Crippen LogP contribution >= 0.6 is 0 Å². The van der Waals surface area contributed by atoms with E-state index in [0.29, 0.717) is 18.5 Å². The lowest BCUT2D eigenvalue weighted by Crippen LogP contribution is -2.46. The minimum absolute atomic E-state index is 0.294. The van der Waals surface area contributed by atoms with Crippen LogP contribution < -0.4 is 5.32 Å². The van der Waals surface area contributed by atoms with E-state index >= 15 is 0 Å². The van der Waals surface area contributed by atoms with E-state index in [-0.39, 0.29) is 0 Å². The summed E-state index contributed by atoms with van der Waals surface area (Å²) in [7, 11) is 0. The van der Waals surface area contributed by atoms with Gasteiger partial charge in [-0.15, -0.1) is 0 Å². The first-order valence-electron chi connectivity index (χ1n) is 6.60. The smallest absolute Gasteiger partial charge is 0.0766 e. The molecule has 0 saturated carbocycles. The molecule has 3 heteroatoms. The van der Waals surface area contributed by atoms with Gasteiger partial charge in [0.2, 0.25) is 0 Å². The summed E-state index contributed by atoms with van der Waals surface area (Å²) in [6, 6.07) is 0.588. The van der Waals surface area contributed by atoms with Crippen LogP contribution in [0.15, 0.2) is 0 Å². The van der Waals surface area contributed by atoms with Crippen molar-refractivity contribution >= 4 is 0 Å². The van der Waals surface area contributed by atoms with Crippen molar-refractivity contribution in [1.82, 2.24) is 10.2 Å². The third-order valence-electron chi connectivity index (χ3n) is 3.93. The molecular formula is C13H28N2O. The number of nitrogens with one attached hydrogen (secondary N) is 1. The van der Waals surface area contributed by atoms with Crippen molar-refractivity contribution < 1.29 is 5.11 Å². The molecule has 0 aliphatic carbocycles. The van der Waals surface area contributed by atoms with Gasteiger partial charge in [0.15, 0.2) is 0 Å².